The Balaban J connectivity index is 1.65. The number of hydrogen-bond donors (Lipinski definition) is 1. The standard InChI is InChI=1S/C20H31N3/c1-2-3-4-5-6-7-14-18-20(21-17-12-8-9-13-17)23-16-11-10-15-19(23)22-18/h10-11,15-17,21H,2-9,12-14H2,1H3. The fourth-order valence-electron chi connectivity index (χ4n) is 3.71. The maximum Gasteiger partial charge on any atom is 0.138 e. The zero-order valence-corrected chi connectivity index (χ0v) is 14.6. The number of imidazole rings is 1. The Morgan fingerprint density at radius 2 is 1.87 bits per heavy atom. The van der Waals surface area contributed by atoms with Crippen LogP contribution in [-0.2, 0) is 6.42 Å². The first kappa shape index (κ1) is 16.4. The molecule has 0 unspecified atom stereocenters. The molecule has 3 rings (SSSR count). The highest BCUT2D eigenvalue weighted by molar-refractivity contribution is 5.55. The zero-order chi connectivity index (χ0) is 15.9. The van der Waals surface area contributed by atoms with E-state index in [9.17, 15) is 0 Å². The Labute approximate surface area is 140 Å². The number of aryl methyl sites for hydroxylation is 1. The molecule has 2 heterocycles. The number of nitrogens with zero attached hydrogens (tertiary/aromatic N) is 2. The molecule has 0 aliphatic heterocycles. The molecular weight excluding hydrogens is 282 g/mol. The molecule has 23 heavy (non-hydrogen) atoms. The van der Waals surface area contributed by atoms with Crippen LogP contribution in [0.4, 0.5) is 5.82 Å². The number of aromatic nitrogens is 2. The molecule has 0 bridgehead atoms. The van der Waals surface area contributed by atoms with Crippen LogP contribution in [0, 0.1) is 0 Å². The molecule has 1 saturated carbocycles. The number of hydrogen-bond acceptors (Lipinski definition) is 2. The van der Waals surface area contributed by atoms with E-state index >= 15 is 0 Å². The van der Waals surface area contributed by atoms with Crippen molar-refractivity contribution in [3.05, 3.63) is 30.1 Å². The minimum absolute atomic E-state index is 0.637. The van der Waals surface area contributed by atoms with E-state index < -0.39 is 0 Å². The van der Waals surface area contributed by atoms with Crippen molar-refractivity contribution in [3.63, 3.8) is 0 Å². The van der Waals surface area contributed by atoms with Gasteiger partial charge in [0.25, 0.3) is 0 Å². The van der Waals surface area contributed by atoms with Crippen LogP contribution in [0.5, 0.6) is 0 Å². The average molecular weight is 313 g/mol. The van der Waals surface area contributed by atoms with Crippen molar-refractivity contribution in [1.29, 1.82) is 0 Å². The lowest BCUT2D eigenvalue weighted by Crippen LogP contribution is -2.17. The summed E-state index contributed by atoms with van der Waals surface area (Å²) in [7, 11) is 0. The third-order valence-electron chi connectivity index (χ3n) is 5.07. The van der Waals surface area contributed by atoms with Crippen LogP contribution in [0.3, 0.4) is 0 Å². The molecule has 0 aromatic carbocycles. The molecule has 0 radical (unpaired) electrons. The molecule has 3 nitrogen and oxygen atoms in total. The van der Waals surface area contributed by atoms with E-state index in [1.165, 1.54) is 75.7 Å². The van der Waals surface area contributed by atoms with Crippen LogP contribution in [0.15, 0.2) is 24.4 Å². The van der Waals surface area contributed by atoms with Crippen molar-refractivity contribution < 1.29 is 0 Å². The van der Waals surface area contributed by atoms with E-state index in [0.29, 0.717) is 6.04 Å². The topological polar surface area (TPSA) is 29.3 Å². The van der Waals surface area contributed by atoms with E-state index in [0.717, 1.165) is 12.1 Å². The largest absolute Gasteiger partial charge is 0.367 e. The van der Waals surface area contributed by atoms with Gasteiger partial charge in [0.15, 0.2) is 0 Å². The molecule has 2 aromatic heterocycles. The second kappa shape index (κ2) is 8.37. The minimum atomic E-state index is 0.637. The van der Waals surface area contributed by atoms with E-state index in [1.807, 2.05) is 0 Å². The summed E-state index contributed by atoms with van der Waals surface area (Å²) in [6, 6.07) is 6.93. The Kier molecular flexibility index (Phi) is 5.95. The summed E-state index contributed by atoms with van der Waals surface area (Å²) in [6.07, 6.45) is 16.6. The second-order valence-corrected chi connectivity index (χ2v) is 6.98. The maximum absolute atomic E-state index is 4.89. The fourth-order valence-corrected chi connectivity index (χ4v) is 3.71. The van der Waals surface area contributed by atoms with Crippen LogP contribution in [0.1, 0.15) is 76.8 Å². The molecule has 0 atom stereocenters. The van der Waals surface area contributed by atoms with Gasteiger partial charge in [-0.25, -0.2) is 4.98 Å². The van der Waals surface area contributed by atoms with Gasteiger partial charge in [-0.3, -0.25) is 4.40 Å². The molecule has 0 amide bonds. The summed E-state index contributed by atoms with van der Waals surface area (Å²) in [5.41, 5.74) is 2.34. The quantitative estimate of drug-likeness (QED) is 0.611. The van der Waals surface area contributed by atoms with Crippen molar-refractivity contribution >= 4 is 11.5 Å². The number of anilines is 1. The number of rotatable bonds is 9. The molecule has 3 heteroatoms. The van der Waals surface area contributed by atoms with Crippen LogP contribution in [-0.4, -0.2) is 15.4 Å². The van der Waals surface area contributed by atoms with E-state index in [-0.39, 0.29) is 0 Å². The second-order valence-electron chi connectivity index (χ2n) is 6.98. The SMILES string of the molecule is CCCCCCCCc1nc2ccccn2c1NC1CCCC1. The van der Waals surface area contributed by atoms with Crippen molar-refractivity contribution in [2.75, 3.05) is 5.32 Å². The van der Waals surface area contributed by atoms with Crippen molar-refractivity contribution in [1.82, 2.24) is 9.38 Å². The van der Waals surface area contributed by atoms with Gasteiger partial charge in [0, 0.05) is 12.2 Å². The van der Waals surface area contributed by atoms with E-state index in [2.05, 4.69) is 41.0 Å². The van der Waals surface area contributed by atoms with Gasteiger partial charge in [-0.1, -0.05) is 57.9 Å². The molecule has 126 valence electrons. The Morgan fingerprint density at radius 1 is 1.09 bits per heavy atom. The molecule has 2 aromatic rings. The smallest absolute Gasteiger partial charge is 0.138 e. The zero-order valence-electron chi connectivity index (χ0n) is 14.6. The summed E-state index contributed by atoms with van der Waals surface area (Å²) in [5, 5.41) is 3.79. The van der Waals surface area contributed by atoms with Crippen LogP contribution in [0.25, 0.3) is 5.65 Å². The Hall–Kier alpha value is -1.51. The van der Waals surface area contributed by atoms with Gasteiger partial charge in [-0.05, 0) is 37.8 Å². The number of pyridine rings is 1. The van der Waals surface area contributed by atoms with Gasteiger partial charge in [-0.2, -0.15) is 0 Å². The third kappa shape index (κ3) is 4.27. The van der Waals surface area contributed by atoms with Crippen molar-refractivity contribution in [3.8, 4) is 0 Å². The van der Waals surface area contributed by atoms with E-state index in [4.69, 9.17) is 4.98 Å². The number of fused-ring (bicyclic) bond motifs is 1. The lowest BCUT2D eigenvalue weighted by atomic mass is 10.1. The fraction of sp³-hybridized carbons (Fsp3) is 0.650. The van der Waals surface area contributed by atoms with Gasteiger partial charge in [-0.15, -0.1) is 0 Å². The first-order chi connectivity index (χ1) is 11.4. The molecule has 1 aliphatic carbocycles. The number of nitrogens with one attached hydrogen (secondary N) is 1. The summed E-state index contributed by atoms with van der Waals surface area (Å²) in [6.45, 7) is 2.28. The van der Waals surface area contributed by atoms with Crippen LogP contribution < -0.4 is 5.32 Å². The average Bonchev–Trinajstić information content (AvgIpc) is 3.20. The summed E-state index contributed by atoms with van der Waals surface area (Å²) in [5.74, 6) is 1.25. The summed E-state index contributed by atoms with van der Waals surface area (Å²) < 4.78 is 2.24. The van der Waals surface area contributed by atoms with Gasteiger partial charge in [0.2, 0.25) is 0 Å². The maximum atomic E-state index is 4.89. The first-order valence-electron chi connectivity index (χ1n) is 9.61. The summed E-state index contributed by atoms with van der Waals surface area (Å²) in [4.78, 5) is 4.89. The Bertz CT molecular complexity index is 596. The van der Waals surface area contributed by atoms with Gasteiger partial charge >= 0.3 is 0 Å². The molecule has 1 aliphatic rings. The van der Waals surface area contributed by atoms with Crippen molar-refractivity contribution in [2.45, 2.75) is 83.6 Å². The monoisotopic (exact) mass is 313 g/mol. The number of unbranched alkanes of at least 4 members (excludes halogenated alkanes) is 5. The van der Waals surface area contributed by atoms with Gasteiger partial charge in [0.1, 0.15) is 11.5 Å². The Morgan fingerprint density at radius 3 is 2.70 bits per heavy atom. The minimum Gasteiger partial charge on any atom is -0.367 e. The highest BCUT2D eigenvalue weighted by Gasteiger charge is 2.19. The lowest BCUT2D eigenvalue weighted by Gasteiger charge is -2.14. The molecule has 0 spiro atoms. The predicted octanol–water partition coefficient (Wildman–Crippen LogP) is 5.59. The first-order valence-corrected chi connectivity index (χ1v) is 9.61. The van der Waals surface area contributed by atoms with Gasteiger partial charge in [0.05, 0.1) is 5.69 Å². The predicted molar refractivity (Wildman–Crippen MR) is 98.2 cm³/mol. The third-order valence-corrected chi connectivity index (χ3v) is 5.07. The lowest BCUT2D eigenvalue weighted by molar-refractivity contribution is 0.605. The molecule has 0 saturated heterocycles. The summed E-state index contributed by atoms with van der Waals surface area (Å²) >= 11 is 0. The molecular formula is C20H31N3. The molecule has 1 fully saturated rings. The molecule has 1 N–H and O–H groups in total. The highest BCUT2D eigenvalue weighted by atomic mass is 15.1. The normalized spacial score (nSPS) is 15.5. The van der Waals surface area contributed by atoms with Crippen LogP contribution >= 0.6 is 0 Å². The van der Waals surface area contributed by atoms with Gasteiger partial charge < -0.3 is 5.32 Å². The highest BCUT2D eigenvalue weighted by Crippen LogP contribution is 2.26. The van der Waals surface area contributed by atoms with Crippen LogP contribution in [0.2, 0.25) is 0 Å². The van der Waals surface area contributed by atoms with Crippen molar-refractivity contribution in [2.24, 2.45) is 0 Å². The van der Waals surface area contributed by atoms with E-state index in [1.54, 1.807) is 0 Å².